The zero-order valence-corrected chi connectivity index (χ0v) is 14.1. The maximum absolute atomic E-state index is 12.2. The summed E-state index contributed by atoms with van der Waals surface area (Å²) in [7, 11) is 0. The Morgan fingerprint density at radius 1 is 1.17 bits per heavy atom. The Bertz CT molecular complexity index is 618. The van der Waals surface area contributed by atoms with Gasteiger partial charge in [-0.1, -0.05) is 31.7 Å². The quantitative estimate of drug-likeness (QED) is 0.854. The normalized spacial score (nSPS) is 16.0. The van der Waals surface area contributed by atoms with Gasteiger partial charge in [-0.25, -0.2) is 4.98 Å². The van der Waals surface area contributed by atoms with Gasteiger partial charge in [0.05, 0.1) is 17.1 Å². The molecule has 1 saturated carbocycles. The molecular formula is C18H23N3OS. The number of hydrogen-bond donors (Lipinski definition) is 1. The molecule has 2 aromatic heterocycles. The maximum atomic E-state index is 12.2. The number of carbonyl (C=O) groups excluding carboxylic acids is 1. The lowest BCUT2D eigenvalue weighted by atomic mass is 10.1. The van der Waals surface area contributed by atoms with Crippen molar-refractivity contribution >= 4 is 17.2 Å². The lowest BCUT2D eigenvalue weighted by Crippen LogP contribution is -2.35. The summed E-state index contributed by atoms with van der Waals surface area (Å²) < 4.78 is 0. The van der Waals surface area contributed by atoms with Crippen molar-refractivity contribution in [3.63, 3.8) is 0 Å². The van der Waals surface area contributed by atoms with Gasteiger partial charge in [-0.15, -0.1) is 11.3 Å². The van der Waals surface area contributed by atoms with Gasteiger partial charge >= 0.3 is 0 Å². The van der Waals surface area contributed by atoms with Crippen LogP contribution in [0, 0.1) is 0 Å². The van der Waals surface area contributed by atoms with Gasteiger partial charge < -0.3 is 5.32 Å². The van der Waals surface area contributed by atoms with Crippen molar-refractivity contribution in [3.05, 3.63) is 46.2 Å². The molecule has 122 valence electrons. The van der Waals surface area contributed by atoms with Crippen molar-refractivity contribution in [2.45, 2.75) is 57.4 Å². The molecule has 0 aromatic carbocycles. The highest BCUT2D eigenvalue weighted by atomic mass is 32.1. The highest BCUT2D eigenvalue weighted by Gasteiger charge is 2.15. The highest BCUT2D eigenvalue weighted by Crippen LogP contribution is 2.18. The number of carbonyl (C=O) groups is 1. The number of thiazole rings is 1. The van der Waals surface area contributed by atoms with Gasteiger partial charge in [-0.3, -0.25) is 9.78 Å². The van der Waals surface area contributed by atoms with Crippen LogP contribution in [0.1, 0.15) is 54.9 Å². The maximum Gasteiger partial charge on any atom is 0.226 e. The minimum atomic E-state index is 0.103. The molecule has 5 heteroatoms. The van der Waals surface area contributed by atoms with Gasteiger partial charge in [0, 0.05) is 29.7 Å². The van der Waals surface area contributed by atoms with E-state index in [0.717, 1.165) is 35.7 Å². The third-order valence-electron chi connectivity index (χ3n) is 4.22. The van der Waals surface area contributed by atoms with Gasteiger partial charge in [0.1, 0.15) is 0 Å². The summed E-state index contributed by atoms with van der Waals surface area (Å²) in [5.41, 5.74) is 1.88. The number of amides is 1. The molecule has 0 bridgehead atoms. The lowest BCUT2D eigenvalue weighted by Gasteiger charge is -2.15. The van der Waals surface area contributed by atoms with Crippen LogP contribution in [0.5, 0.6) is 0 Å². The lowest BCUT2D eigenvalue weighted by molar-refractivity contribution is -0.121. The van der Waals surface area contributed by atoms with Gasteiger partial charge in [0.2, 0.25) is 5.91 Å². The first-order valence-electron chi connectivity index (χ1n) is 8.42. The molecule has 0 spiro atoms. The Kier molecular flexibility index (Phi) is 5.75. The van der Waals surface area contributed by atoms with Crippen LogP contribution in [-0.2, 0) is 17.6 Å². The van der Waals surface area contributed by atoms with E-state index in [9.17, 15) is 4.79 Å². The second-order valence-corrected chi connectivity index (χ2v) is 7.11. The molecular weight excluding hydrogens is 306 g/mol. The molecule has 1 amide bonds. The molecule has 0 radical (unpaired) electrons. The fourth-order valence-electron chi connectivity index (χ4n) is 3.04. The van der Waals surface area contributed by atoms with E-state index < -0.39 is 0 Å². The first-order valence-corrected chi connectivity index (χ1v) is 9.30. The van der Waals surface area contributed by atoms with Crippen molar-refractivity contribution in [1.29, 1.82) is 0 Å². The predicted octanol–water partition coefficient (Wildman–Crippen LogP) is 3.51. The second kappa shape index (κ2) is 8.20. The first kappa shape index (κ1) is 16.1. The zero-order valence-electron chi connectivity index (χ0n) is 13.3. The summed E-state index contributed by atoms with van der Waals surface area (Å²) in [5.74, 6) is 0.103. The summed E-state index contributed by atoms with van der Waals surface area (Å²) in [6, 6.07) is 6.25. The average Bonchev–Trinajstić information content (AvgIpc) is 2.82. The molecule has 0 aliphatic heterocycles. The smallest absolute Gasteiger partial charge is 0.226 e. The molecule has 0 saturated heterocycles. The van der Waals surface area contributed by atoms with Crippen molar-refractivity contribution < 1.29 is 4.79 Å². The van der Waals surface area contributed by atoms with Crippen molar-refractivity contribution in [2.75, 3.05) is 0 Å². The number of hydrogen-bond acceptors (Lipinski definition) is 4. The van der Waals surface area contributed by atoms with Crippen LogP contribution >= 0.6 is 11.3 Å². The summed E-state index contributed by atoms with van der Waals surface area (Å²) >= 11 is 1.60. The Hall–Kier alpha value is -1.75. The van der Waals surface area contributed by atoms with E-state index in [2.05, 4.69) is 15.3 Å². The molecule has 23 heavy (non-hydrogen) atoms. The van der Waals surface area contributed by atoms with Crippen molar-refractivity contribution in [3.8, 4) is 0 Å². The topological polar surface area (TPSA) is 54.9 Å². The molecule has 2 heterocycles. The van der Waals surface area contributed by atoms with Gasteiger partial charge in [0.25, 0.3) is 0 Å². The van der Waals surface area contributed by atoms with E-state index in [4.69, 9.17) is 0 Å². The van der Waals surface area contributed by atoms with Crippen molar-refractivity contribution in [1.82, 2.24) is 15.3 Å². The van der Waals surface area contributed by atoms with Gasteiger partial charge in [-0.05, 0) is 25.0 Å². The van der Waals surface area contributed by atoms with E-state index in [1.165, 1.54) is 25.7 Å². The van der Waals surface area contributed by atoms with E-state index in [1.54, 1.807) is 17.5 Å². The van der Waals surface area contributed by atoms with Crippen LogP contribution in [0.15, 0.2) is 29.8 Å². The SMILES string of the molecule is O=C(Cc1csc(Cc2ccccn2)n1)NC1CCCCCC1. The van der Waals surface area contributed by atoms with Crippen LogP contribution in [0.4, 0.5) is 0 Å². The molecule has 0 unspecified atom stereocenters. The Balaban J connectivity index is 1.51. The first-order chi connectivity index (χ1) is 11.3. The third kappa shape index (κ3) is 5.13. The minimum Gasteiger partial charge on any atom is -0.353 e. The van der Waals surface area contributed by atoms with Crippen LogP contribution in [0.25, 0.3) is 0 Å². The average molecular weight is 329 g/mol. The predicted molar refractivity (Wildman–Crippen MR) is 92.5 cm³/mol. The molecule has 1 aliphatic rings. The molecule has 1 N–H and O–H groups in total. The van der Waals surface area contributed by atoms with Gasteiger partial charge in [0.15, 0.2) is 0 Å². The summed E-state index contributed by atoms with van der Waals surface area (Å²) in [6.07, 6.45) is 10.2. The Morgan fingerprint density at radius 3 is 2.74 bits per heavy atom. The molecule has 1 fully saturated rings. The highest BCUT2D eigenvalue weighted by molar-refractivity contribution is 7.09. The number of nitrogens with one attached hydrogen (secondary N) is 1. The van der Waals surface area contributed by atoms with Crippen LogP contribution in [-0.4, -0.2) is 21.9 Å². The van der Waals surface area contributed by atoms with Gasteiger partial charge in [-0.2, -0.15) is 0 Å². The third-order valence-corrected chi connectivity index (χ3v) is 5.12. The molecule has 2 aromatic rings. The van der Waals surface area contributed by atoms with Crippen LogP contribution in [0.2, 0.25) is 0 Å². The number of pyridine rings is 1. The number of aromatic nitrogens is 2. The molecule has 3 rings (SSSR count). The largest absolute Gasteiger partial charge is 0.353 e. The van der Waals surface area contributed by atoms with E-state index >= 15 is 0 Å². The standard InChI is InChI=1S/C18H23N3OS/c22-17(20-14-7-3-1-2-4-8-14)11-16-13-23-18(21-16)12-15-9-5-6-10-19-15/h5-6,9-10,13-14H,1-4,7-8,11-12H2,(H,20,22). The molecule has 4 nitrogen and oxygen atoms in total. The Morgan fingerprint density at radius 2 is 2.00 bits per heavy atom. The van der Waals surface area contributed by atoms with Crippen molar-refractivity contribution in [2.24, 2.45) is 0 Å². The molecule has 1 aliphatic carbocycles. The summed E-state index contributed by atoms with van der Waals surface area (Å²) in [4.78, 5) is 21.1. The van der Waals surface area contributed by atoms with E-state index in [-0.39, 0.29) is 5.91 Å². The van der Waals surface area contributed by atoms with Crippen LogP contribution < -0.4 is 5.32 Å². The number of nitrogens with zero attached hydrogens (tertiary/aromatic N) is 2. The fraction of sp³-hybridized carbons (Fsp3) is 0.500. The second-order valence-electron chi connectivity index (χ2n) is 6.16. The van der Waals surface area contributed by atoms with E-state index in [0.29, 0.717) is 12.5 Å². The number of rotatable bonds is 5. The van der Waals surface area contributed by atoms with E-state index in [1.807, 2.05) is 23.6 Å². The summed E-state index contributed by atoms with van der Waals surface area (Å²) in [6.45, 7) is 0. The Labute approximate surface area is 141 Å². The molecule has 0 atom stereocenters. The fourth-order valence-corrected chi connectivity index (χ4v) is 3.85. The minimum absolute atomic E-state index is 0.103. The summed E-state index contributed by atoms with van der Waals surface area (Å²) in [5, 5.41) is 6.19. The monoisotopic (exact) mass is 329 g/mol. The van der Waals surface area contributed by atoms with Crippen LogP contribution in [0.3, 0.4) is 0 Å². The zero-order chi connectivity index (χ0) is 15.9.